The summed E-state index contributed by atoms with van der Waals surface area (Å²) < 4.78 is 1.04. The number of benzene rings is 2. The maximum absolute atomic E-state index is 10.6. The van der Waals surface area contributed by atoms with Gasteiger partial charge < -0.3 is 5.32 Å². The monoisotopic (exact) mass is 289 g/mol. The molecule has 2 aromatic carbocycles. The van der Waals surface area contributed by atoms with Gasteiger partial charge in [0.25, 0.3) is 0 Å². The summed E-state index contributed by atoms with van der Waals surface area (Å²) in [5.74, 6) is 0. The van der Waals surface area contributed by atoms with Crippen molar-refractivity contribution < 1.29 is 4.79 Å². The predicted octanol–water partition coefficient (Wildman–Crippen LogP) is 3.99. The maximum atomic E-state index is 10.6. The lowest BCUT2D eigenvalue weighted by Gasteiger charge is -2.11. The van der Waals surface area contributed by atoms with Gasteiger partial charge in [-0.05, 0) is 30.2 Å². The van der Waals surface area contributed by atoms with E-state index in [1.54, 1.807) is 0 Å². The molecule has 0 saturated carbocycles. The molecule has 1 N–H and O–H groups in total. The van der Waals surface area contributed by atoms with Crippen LogP contribution < -0.4 is 5.32 Å². The molecule has 86 valence electrons. The third-order valence-electron chi connectivity index (χ3n) is 2.63. The fourth-order valence-corrected chi connectivity index (χ4v) is 2.05. The second-order valence-corrected chi connectivity index (χ2v) is 4.68. The van der Waals surface area contributed by atoms with Crippen molar-refractivity contribution >= 4 is 28.0 Å². The summed E-state index contributed by atoms with van der Waals surface area (Å²) in [6.45, 7) is 1.98. The number of para-hydroxylation sites is 1. The molecule has 0 bridgehead atoms. The Hall–Kier alpha value is -1.61. The van der Waals surface area contributed by atoms with Crippen LogP contribution in [0.2, 0.25) is 0 Å². The first kappa shape index (κ1) is 11.9. The first-order valence-electron chi connectivity index (χ1n) is 5.28. The molecule has 2 nitrogen and oxygen atoms in total. The second-order valence-electron chi connectivity index (χ2n) is 3.77. The average molecular weight is 290 g/mol. The molecule has 0 saturated heterocycles. The molecular weight excluding hydrogens is 278 g/mol. The van der Waals surface area contributed by atoms with Gasteiger partial charge >= 0.3 is 0 Å². The van der Waals surface area contributed by atoms with Crippen LogP contribution in [0.3, 0.4) is 0 Å². The highest BCUT2D eigenvalue weighted by Crippen LogP contribution is 2.31. The first-order valence-corrected chi connectivity index (χ1v) is 6.07. The van der Waals surface area contributed by atoms with E-state index in [0.717, 1.165) is 26.9 Å². The summed E-state index contributed by atoms with van der Waals surface area (Å²) in [5.41, 5.74) is 4.04. The minimum atomic E-state index is 0.713. The Morgan fingerprint density at radius 1 is 1.12 bits per heavy atom. The summed E-state index contributed by atoms with van der Waals surface area (Å²) in [6.07, 6.45) is 0.713. The summed E-state index contributed by atoms with van der Waals surface area (Å²) in [5, 5.41) is 2.77. The number of carbonyl (C=O) groups is 1. The number of aryl methyl sites for hydroxylation is 1. The summed E-state index contributed by atoms with van der Waals surface area (Å²) in [7, 11) is 0. The van der Waals surface area contributed by atoms with E-state index < -0.39 is 0 Å². The van der Waals surface area contributed by atoms with Gasteiger partial charge in [-0.1, -0.05) is 46.3 Å². The highest BCUT2D eigenvalue weighted by Gasteiger charge is 2.06. The number of amides is 1. The molecule has 0 aliphatic carbocycles. The Morgan fingerprint density at radius 2 is 1.82 bits per heavy atom. The molecule has 0 fully saturated rings. The molecule has 2 rings (SSSR count). The number of hydrogen-bond acceptors (Lipinski definition) is 1. The molecule has 3 heteroatoms. The SMILES string of the molecule is Cc1cccc(-c2ccc(Br)cc2)c1NC=O. The normalized spacial score (nSPS) is 10.0. The smallest absolute Gasteiger partial charge is 0.211 e. The molecule has 1 amide bonds. The Balaban J connectivity index is 2.54. The predicted molar refractivity (Wildman–Crippen MR) is 74.0 cm³/mol. The van der Waals surface area contributed by atoms with E-state index in [4.69, 9.17) is 0 Å². The lowest BCUT2D eigenvalue weighted by molar-refractivity contribution is -0.105. The van der Waals surface area contributed by atoms with Crippen LogP contribution in [0.1, 0.15) is 5.56 Å². The summed E-state index contributed by atoms with van der Waals surface area (Å²) in [4.78, 5) is 10.6. The fraction of sp³-hybridized carbons (Fsp3) is 0.0714. The largest absolute Gasteiger partial charge is 0.328 e. The van der Waals surface area contributed by atoms with Crippen molar-refractivity contribution in [1.29, 1.82) is 0 Å². The first-order chi connectivity index (χ1) is 8.22. The van der Waals surface area contributed by atoms with Crippen molar-refractivity contribution in [2.75, 3.05) is 5.32 Å². The third-order valence-corrected chi connectivity index (χ3v) is 3.16. The highest BCUT2D eigenvalue weighted by molar-refractivity contribution is 9.10. The zero-order valence-electron chi connectivity index (χ0n) is 9.41. The van der Waals surface area contributed by atoms with Gasteiger partial charge in [0, 0.05) is 10.0 Å². The van der Waals surface area contributed by atoms with Gasteiger partial charge in [-0.2, -0.15) is 0 Å². The highest BCUT2D eigenvalue weighted by atomic mass is 79.9. The van der Waals surface area contributed by atoms with Crippen LogP contribution in [0.5, 0.6) is 0 Å². The number of nitrogens with one attached hydrogen (secondary N) is 1. The van der Waals surface area contributed by atoms with Crippen molar-refractivity contribution in [3.63, 3.8) is 0 Å². The standard InChI is InChI=1S/C14H12BrNO/c1-10-3-2-4-13(14(10)16-9-17)11-5-7-12(15)8-6-11/h2-9H,1H3,(H,16,17). The van der Waals surface area contributed by atoms with Gasteiger partial charge in [-0.15, -0.1) is 0 Å². The topological polar surface area (TPSA) is 29.1 Å². The number of carbonyl (C=O) groups excluding carboxylic acids is 1. The fourth-order valence-electron chi connectivity index (χ4n) is 1.79. The number of hydrogen-bond donors (Lipinski definition) is 1. The van der Waals surface area contributed by atoms with Crippen molar-refractivity contribution in [2.24, 2.45) is 0 Å². The van der Waals surface area contributed by atoms with Crippen LogP contribution in [0.25, 0.3) is 11.1 Å². The Labute approximate surface area is 109 Å². The Bertz CT molecular complexity index is 534. The van der Waals surface area contributed by atoms with Crippen molar-refractivity contribution in [3.8, 4) is 11.1 Å². The summed E-state index contributed by atoms with van der Waals surface area (Å²) >= 11 is 3.41. The van der Waals surface area contributed by atoms with Gasteiger partial charge in [0.2, 0.25) is 6.41 Å². The van der Waals surface area contributed by atoms with Crippen LogP contribution in [0, 0.1) is 6.92 Å². The zero-order chi connectivity index (χ0) is 12.3. The average Bonchev–Trinajstić information content (AvgIpc) is 2.33. The van der Waals surface area contributed by atoms with Crippen LogP contribution in [-0.2, 0) is 4.79 Å². The maximum Gasteiger partial charge on any atom is 0.211 e. The quantitative estimate of drug-likeness (QED) is 0.851. The molecule has 17 heavy (non-hydrogen) atoms. The van der Waals surface area contributed by atoms with Gasteiger partial charge in [0.05, 0.1) is 5.69 Å². The molecule has 0 aliphatic heterocycles. The van der Waals surface area contributed by atoms with Gasteiger partial charge in [0.15, 0.2) is 0 Å². The van der Waals surface area contributed by atoms with Gasteiger partial charge in [0.1, 0.15) is 0 Å². The lowest BCUT2D eigenvalue weighted by Crippen LogP contribution is -1.98. The second kappa shape index (κ2) is 5.15. The van der Waals surface area contributed by atoms with Crippen LogP contribution >= 0.6 is 15.9 Å². The molecule has 2 aromatic rings. The molecule has 0 heterocycles. The summed E-state index contributed by atoms with van der Waals surface area (Å²) in [6, 6.07) is 14.0. The lowest BCUT2D eigenvalue weighted by atomic mass is 10.0. The van der Waals surface area contributed by atoms with E-state index in [-0.39, 0.29) is 0 Å². The van der Waals surface area contributed by atoms with Crippen LogP contribution in [-0.4, -0.2) is 6.41 Å². The van der Waals surface area contributed by atoms with E-state index in [0.29, 0.717) is 6.41 Å². The van der Waals surface area contributed by atoms with Gasteiger partial charge in [-0.3, -0.25) is 4.79 Å². The van der Waals surface area contributed by atoms with Gasteiger partial charge in [-0.25, -0.2) is 0 Å². The van der Waals surface area contributed by atoms with E-state index in [9.17, 15) is 4.79 Å². The molecule has 0 aromatic heterocycles. The van der Waals surface area contributed by atoms with E-state index in [1.807, 2.05) is 49.4 Å². The zero-order valence-corrected chi connectivity index (χ0v) is 11.0. The molecule has 0 unspecified atom stereocenters. The van der Waals surface area contributed by atoms with E-state index in [1.165, 1.54) is 0 Å². The molecule has 0 spiro atoms. The minimum Gasteiger partial charge on any atom is -0.328 e. The number of halogens is 1. The van der Waals surface area contributed by atoms with E-state index >= 15 is 0 Å². The molecule has 0 atom stereocenters. The molecular formula is C14H12BrNO. The van der Waals surface area contributed by atoms with Crippen molar-refractivity contribution in [1.82, 2.24) is 0 Å². The Kier molecular flexibility index (Phi) is 3.59. The number of rotatable bonds is 3. The number of anilines is 1. The molecule has 0 aliphatic rings. The third kappa shape index (κ3) is 2.56. The van der Waals surface area contributed by atoms with Crippen LogP contribution in [0.15, 0.2) is 46.9 Å². The van der Waals surface area contributed by atoms with E-state index in [2.05, 4.69) is 21.2 Å². The van der Waals surface area contributed by atoms with Crippen LogP contribution in [0.4, 0.5) is 5.69 Å². The minimum absolute atomic E-state index is 0.713. The van der Waals surface area contributed by atoms with Crippen molar-refractivity contribution in [3.05, 3.63) is 52.5 Å². The van der Waals surface area contributed by atoms with Crippen molar-refractivity contribution in [2.45, 2.75) is 6.92 Å². The molecule has 0 radical (unpaired) electrons. The Morgan fingerprint density at radius 3 is 2.47 bits per heavy atom.